The quantitative estimate of drug-likeness (QED) is 0.576. The molecule has 0 aliphatic heterocycles. The molecule has 0 unspecified atom stereocenters. The highest BCUT2D eigenvalue weighted by atomic mass is 15.1. The Kier molecular flexibility index (Phi) is 1.26. The molecule has 0 saturated heterocycles. The van der Waals surface area contributed by atoms with E-state index < -0.39 is 0 Å². The summed E-state index contributed by atoms with van der Waals surface area (Å²) < 4.78 is 2.23. The molecule has 2 heteroatoms. The summed E-state index contributed by atoms with van der Waals surface area (Å²) in [6.07, 6.45) is 8.15. The van der Waals surface area contributed by atoms with Crippen LogP contribution in [0.3, 0.4) is 0 Å². The second-order valence-electron chi connectivity index (χ2n) is 3.05. The smallest absolute Gasteiger partial charge is 0.0951 e. The fourth-order valence-electron chi connectivity index (χ4n) is 1.32. The molecule has 1 aromatic rings. The Bertz CT molecular complexity index is 223. The number of imidazole rings is 1. The van der Waals surface area contributed by atoms with Gasteiger partial charge in [-0.15, -0.1) is 0 Å². The number of nitrogens with zero attached hydrogens (tertiary/aromatic N) is 2. The molecule has 2 nitrogen and oxygen atoms in total. The van der Waals surface area contributed by atoms with E-state index in [1.807, 2.05) is 13.3 Å². The van der Waals surface area contributed by atoms with E-state index in [1.54, 1.807) is 0 Å². The van der Waals surface area contributed by atoms with Gasteiger partial charge in [-0.05, 0) is 26.2 Å². The van der Waals surface area contributed by atoms with Gasteiger partial charge in [-0.1, -0.05) is 0 Å². The molecule has 0 atom stereocenters. The van der Waals surface area contributed by atoms with Crippen molar-refractivity contribution in [2.45, 2.75) is 32.2 Å². The molecule has 1 aliphatic rings. The number of aromatic nitrogens is 2. The van der Waals surface area contributed by atoms with Crippen molar-refractivity contribution in [3.8, 4) is 0 Å². The molecule has 0 radical (unpaired) electrons. The molecular weight excluding hydrogens is 124 g/mol. The summed E-state index contributed by atoms with van der Waals surface area (Å²) in [4.78, 5) is 4.18. The first-order chi connectivity index (χ1) is 4.86. The van der Waals surface area contributed by atoms with E-state index in [0.717, 1.165) is 11.7 Å². The Morgan fingerprint density at radius 2 is 2.40 bits per heavy atom. The lowest BCUT2D eigenvalue weighted by atomic mass is 9.93. The van der Waals surface area contributed by atoms with Crippen molar-refractivity contribution >= 4 is 0 Å². The monoisotopic (exact) mass is 136 g/mol. The molecule has 0 bridgehead atoms. The molecule has 1 heterocycles. The second-order valence-corrected chi connectivity index (χ2v) is 3.05. The maximum atomic E-state index is 4.18. The van der Waals surface area contributed by atoms with Gasteiger partial charge < -0.3 is 4.57 Å². The Morgan fingerprint density at radius 3 is 2.80 bits per heavy atom. The highest BCUT2D eigenvalue weighted by Gasteiger charge is 2.18. The summed E-state index contributed by atoms with van der Waals surface area (Å²) >= 11 is 0. The number of rotatable bonds is 1. The topological polar surface area (TPSA) is 17.8 Å². The van der Waals surface area contributed by atoms with Crippen LogP contribution in [0.25, 0.3) is 0 Å². The largest absolute Gasteiger partial charge is 0.334 e. The molecule has 1 aliphatic carbocycles. The summed E-state index contributed by atoms with van der Waals surface area (Å²) in [6.45, 7) is 2.04. The van der Waals surface area contributed by atoms with E-state index in [9.17, 15) is 0 Å². The van der Waals surface area contributed by atoms with Crippen LogP contribution < -0.4 is 0 Å². The van der Waals surface area contributed by atoms with Gasteiger partial charge in [-0.25, -0.2) is 4.98 Å². The van der Waals surface area contributed by atoms with Crippen LogP contribution in [0.1, 0.15) is 31.0 Å². The van der Waals surface area contributed by atoms with Gasteiger partial charge in [-0.3, -0.25) is 0 Å². The van der Waals surface area contributed by atoms with E-state index >= 15 is 0 Å². The fourth-order valence-corrected chi connectivity index (χ4v) is 1.32. The zero-order valence-corrected chi connectivity index (χ0v) is 6.25. The van der Waals surface area contributed by atoms with Crippen LogP contribution in [0.5, 0.6) is 0 Å². The third-order valence-electron chi connectivity index (χ3n) is 2.23. The average Bonchev–Trinajstić information content (AvgIpc) is 2.10. The van der Waals surface area contributed by atoms with Crippen LogP contribution in [0, 0.1) is 6.92 Å². The Balaban J connectivity index is 2.17. The van der Waals surface area contributed by atoms with Crippen molar-refractivity contribution in [1.29, 1.82) is 0 Å². The Labute approximate surface area is 60.9 Å². The van der Waals surface area contributed by atoms with Crippen LogP contribution in [0.2, 0.25) is 0 Å². The van der Waals surface area contributed by atoms with Gasteiger partial charge in [0.05, 0.1) is 12.0 Å². The number of hydrogen-bond donors (Lipinski definition) is 0. The van der Waals surface area contributed by atoms with Crippen LogP contribution in [0.15, 0.2) is 12.5 Å². The van der Waals surface area contributed by atoms with Crippen LogP contribution in [-0.2, 0) is 0 Å². The Hall–Kier alpha value is -0.790. The number of hydrogen-bond acceptors (Lipinski definition) is 1. The summed E-state index contributed by atoms with van der Waals surface area (Å²) in [7, 11) is 0. The van der Waals surface area contributed by atoms with E-state index in [0.29, 0.717) is 0 Å². The van der Waals surface area contributed by atoms with Gasteiger partial charge in [-0.2, -0.15) is 0 Å². The molecule has 0 spiro atoms. The zero-order chi connectivity index (χ0) is 6.97. The zero-order valence-electron chi connectivity index (χ0n) is 6.25. The van der Waals surface area contributed by atoms with Gasteiger partial charge in [0.15, 0.2) is 0 Å². The SMILES string of the molecule is Cc1cn(C2CCC2)cn1. The van der Waals surface area contributed by atoms with Gasteiger partial charge in [0.25, 0.3) is 0 Å². The lowest BCUT2D eigenvalue weighted by molar-refractivity contribution is 0.313. The fraction of sp³-hybridized carbons (Fsp3) is 0.625. The molecule has 0 amide bonds. The van der Waals surface area contributed by atoms with E-state index in [1.165, 1.54) is 19.3 Å². The van der Waals surface area contributed by atoms with E-state index in [-0.39, 0.29) is 0 Å². The summed E-state index contributed by atoms with van der Waals surface area (Å²) in [5, 5.41) is 0. The molecule has 10 heavy (non-hydrogen) atoms. The highest BCUT2D eigenvalue weighted by molar-refractivity contribution is 4.95. The van der Waals surface area contributed by atoms with E-state index in [2.05, 4.69) is 15.7 Å². The minimum Gasteiger partial charge on any atom is -0.334 e. The normalized spacial score (nSPS) is 18.9. The first-order valence-electron chi connectivity index (χ1n) is 3.86. The molecule has 2 rings (SSSR count). The van der Waals surface area contributed by atoms with Crippen LogP contribution >= 0.6 is 0 Å². The van der Waals surface area contributed by atoms with Crippen molar-refractivity contribution < 1.29 is 0 Å². The van der Waals surface area contributed by atoms with E-state index in [4.69, 9.17) is 0 Å². The molecule has 0 aromatic carbocycles. The standard InChI is InChI=1S/C8H12N2/c1-7-5-10(6-9-7)8-3-2-4-8/h5-6,8H,2-4H2,1H3. The van der Waals surface area contributed by atoms with Crippen molar-refractivity contribution in [1.82, 2.24) is 9.55 Å². The first-order valence-corrected chi connectivity index (χ1v) is 3.86. The molecule has 54 valence electrons. The molecule has 0 N–H and O–H groups in total. The lowest BCUT2D eigenvalue weighted by Gasteiger charge is -2.26. The van der Waals surface area contributed by atoms with Gasteiger partial charge in [0.1, 0.15) is 0 Å². The molecule has 1 saturated carbocycles. The van der Waals surface area contributed by atoms with Gasteiger partial charge >= 0.3 is 0 Å². The summed E-state index contributed by atoms with van der Waals surface area (Å²) in [6, 6.07) is 0.765. The van der Waals surface area contributed by atoms with Crippen LogP contribution in [0.4, 0.5) is 0 Å². The predicted octanol–water partition coefficient (Wildman–Crippen LogP) is 1.92. The molecule has 1 aromatic heterocycles. The van der Waals surface area contributed by atoms with Crippen molar-refractivity contribution in [2.24, 2.45) is 0 Å². The molecular formula is C8H12N2. The van der Waals surface area contributed by atoms with Crippen molar-refractivity contribution in [3.63, 3.8) is 0 Å². The summed E-state index contributed by atoms with van der Waals surface area (Å²) in [5.41, 5.74) is 1.13. The minimum atomic E-state index is 0.765. The maximum Gasteiger partial charge on any atom is 0.0951 e. The van der Waals surface area contributed by atoms with Crippen molar-refractivity contribution in [3.05, 3.63) is 18.2 Å². The average molecular weight is 136 g/mol. The highest BCUT2D eigenvalue weighted by Crippen LogP contribution is 2.30. The van der Waals surface area contributed by atoms with Crippen molar-refractivity contribution in [2.75, 3.05) is 0 Å². The predicted molar refractivity (Wildman–Crippen MR) is 39.9 cm³/mol. The van der Waals surface area contributed by atoms with Crippen LogP contribution in [-0.4, -0.2) is 9.55 Å². The van der Waals surface area contributed by atoms with Gasteiger partial charge in [0, 0.05) is 12.2 Å². The lowest BCUT2D eigenvalue weighted by Crippen LogP contribution is -2.14. The maximum absolute atomic E-state index is 4.18. The molecule has 1 fully saturated rings. The summed E-state index contributed by atoms with van der Waals surface area (Å²) in [5.74, 6) is 0. The minimum absolute atomic E-state index is 0.765. The second kappa shape index (κ2) is 2.11. The Morgan fingerprint density at radius 1 is 1.60 bits per heavy atom. The first kappa shape index (κ1) is 5.96. The van der Waals surface area contributed by atoms with Gasteiger partial charge in [0.2, 0.25) is 0 Å². The third kappa shape index (κ3) is 0.838. The number of aryl methyl sites for hydroxylation is 1. The third-order valence-corrected chi connectivity index (χ3v) is 2.23.